The molecular formula is C31H33N5O5S. The van der Waals surface area contributed by atoms with Crippen LogP contribution in [-0.4, -0.2) is 72.1 Å². The van der Waals surface area contributed by atoms with Crippen molar-refractivity contribution in [2.45, 2.75) is 12.6 Å². The number of nitrogens with one attached hydrogen (secondary N) is 2. The number of ether oxygens (including phenoxy) is 2. The van der Waals surface area contributed by atoms with Crippen LogP contribution in [0.2, 0.25) is 0 Å². The molecule has 0 radical (unpaired) electrons. The fourth-order valence-corrected chi connectivity index (χ4v) is 5.84. The first-order valence-corrected chi connectivity index (χ1v) is 14.4. The summed E-state index contributed by atoms with van der Waals surface area (Å²) in [6.45, 7) is 3.50. The summed E-state index contributed by atoms with van der Waals surface area (Å²) in [6, 6.07) is 24.7. The van der Waals surface area contributed by atoms with Gasteiger partial charge in [0.2, 0.25) is 0 Å². The van der Waals surface area contributed by atoms with E-state index in [2.05, 4.69) is 10.2 Å². The zero-order valence-electron chi connectivity index (χ0n) is 23.0. The highest BCUT2D eigenvalue weighted by Gasteiger charge is 2.21. The van der Waals surface area contributed by atoms with E-state index < -0.39 is 18.2 Å². The van der Waals surface area contributed by atoms with Crippen LogP contribution in [0.3, 0.4) is 0 Å². The molecule has 3 aromatic carbocycles. The fourth-order valence-electron chi connectivity index (χ4n) is 4.90. The number of carbonyl (C=O) groups is 2. The van der Waals surface area contributed by atoms with Crippen molar-refractivity contribution in [2.75, 3.05) is 44.6 Å². The van der Waals surface area contributed by atoms with Gasteiger partial charge < -0.3 is 20.3 Å². The molecule has 0 aliphatic carbocycles. The van der Waals surface area contributed by atoms with Crippen LogP contribution in [0.1, 0.15) is 22.1 Å². The van der Waals surface area contributed by atoms with Gasteiger partial charge in [0.15, 0.2) is 6.10 Å². The van der Waals surface area contributed by atoms with Crippen LogP contribution in [0, 0.1) is 5.41 Å². The lowest BCUT2D eigenvalue weighted by atomic mass is 10.1. The van der Waals surface area contributed by atoms with Crippen LogP contribution < -0.4 is 15.8 Å². The van der Waals surface area contributed by atoms with Gasteiger partial charge >= 0.3 is 12.1 Å². The van der Waals surface area contributed by atoms with Gasteiger partial charge in [-0.05, 0) is 35.4 Å². The quantitative estimate of drug-likeness (QED) is 0.145. The minimum atomic E-state index is -0.818. The molecule has 1 aliphatic rings. The predicted octanol–water partition coefficient (Wildman–Crippen LogP) is 4.76. The van der Waals surface area contributed by atoms with Crippen LogP contribution >= 0.6 is 11.3 Å². The molecule has 5 rings (SSSR count). The van der Waals surface area contributed by atoms with Crippen molar-refractivity contribution in [1.82, 2.24) is 9.80 Å². The van der Waals surface area contributed by atoms with E-state index in [-0.39, 0.29) is 19.0 Å². The van der Waals surface area contributed by atoms with E-state index in [4.69, 9.17) is 25.7 Å². The molecule has 218 valence electrons. The van der Waals surface area contributed by atoms with Crippen molar-refractivity contribution in [3.63, 3.8) is 0 Å². The van der Waals surface area contributed by atoms with Gasteiger partial charge in [-0.2, -0.15) is 0 Å². The Kier molecular flexibility index (Phi) is 9.32. The molecule has 2 heterocycles. The topological polar surface area (TPSA) is 141 Å². The summed E-state index contributed by atoms with van der Waals surface area (Å²) in [6.07, 6.45) is -1.16. The number of nitrogens with zero attached hydrogens (tertiary/aromatic N) is 2. The summed E-state index contributed by atoms with van der Waals surface area (Å²) >= 11 is 1.42. The average molecular weight is 588 g/mol. The predicted molar refractivity (Wildman–Crippen MR) is 163 cm³/mol. The zero-order chi connectivity index (χ0) is 29.5. The maximum Gasteiger partial charge on any atom is 0.411 e. The van der Waals surface area contributed by atoms with Crippen molar-refractivity contribution in [3.8, 4) is 5.75 Å². The Balaban J connectivity index is 1.24. The highest BCUT2D eigenvalue weighted by Crippen LogP contribution is 2.35. The van der Waals surface area contributed by atoms with Crippen LogP contribution in [0.15, 0.2) is 78.9 Å². The van der Waals surface area contributed by atoms with E-state index in [1.165, 1.54) is 11.3 Å². The van der Waals surface area contributed by atoms with E-state index in [9.17, 15) is 9.59 Å². The molecule has 0 saturated carbocycles. The van der Waals surface area contributed by atoms with Gasteiger partial charge in [-0.25, -0.2) is 4.79 Å². The number of piperazine rings is 1. The first-order chi connectivity index (χ1) is 20.4. The standard InChI is InChI=1S/C31H33N5O5S/c32-30(33)28-17-23-25(11-6-12-27(23)42-28)41-26(21-7-2-1-3-8-21)20-40-31(39)34-24-10-5-4-9-22(24)18-35-13-15-36(16-14-35)19-29(37)38/h1-12,17,26H,13-16,18-20H2,(H3,32,33)(H,34,39)(H,37,38). The van der Waals surface area contributed by atoms with Crippen molar-refractivity contribution in [1.29, 1.82) is 5.41 Å². The highest BCUT2D eigenvalue weighted by atomic mass is 32.1. The first-order valence-electron chi connectivity index (χ1n) is 13.6. The molecule has 11 heteroatoms. The highest BCUT2D eigenvalue weighted by molar-refractivity contribution is 7.20. The summed E-state index contributed by atoms with van der Waals surface area (Å²) < 4.78 is 13.0. The largest absolute Gasteiger partial charge is 0.481 e. The molecule has 1 fully saturated rings. The Morgan fingerprint density at radius 3 is 2.43 bits per heavy atom. The number of hydrogen-bond acceptors (Lipinski definition) is 8. The van der Waals surface area contributed by atoms with E-state index in [0.29, 0.717) is 35.9 Å². The number of carboxylic acid groups (broad SMARTS) is 1. The third kappa shape index (κ3) is 7.43. The number of carboxylic acids is 1. The summed E-state index contributed by atoms with van der Waals surface area (Å²) in [5.41, 5.74) is 8.17. The zero-order valence-corrected chi connectivity index (χ0v) is 23.8. The normalized spacial score (nSPS) is 14.8. The molecule has 1 aromatic heterocycles. The number of nitrogens with two attached hydrogens (primary N) is 1. The SMILES string of the molecule is N=C(N)c1cc2c(OC(COC(=O)Nc3ccccc3CN3CCN(CC(=O)O)CC3)c3ccccc3)cccc2s1. The van der Waals surface area contributed by atoms with E-state index in [1.807, 2.05) is 83.8 Å². The van der Waals surface area contributed by atoms with Gasteiger partial charge in [0, 0.05) is 48.5 Å². The monoisotopic (exact) mass is 587 g/mol. The van der Waals surface area contributed by atoms with E-state index in [1.54, 1.807) is 0 Å². The van der Waals surface area contributed by atoms with Crippen LogP contribution in [0.5, 0.6) is 5.75 Å². The Labute approximate surface area is 247 Å². The Hall–Kier alpha value is -4.45. The minimum Gasteiger partial charge on any atom is -0.481 e. The lowest BCUT2D eigenvalue weighted by Crippen LogP contribution is -2.47. The summed E-state index contributed by atoms with van der Waals surface area (Å²) in [5, 5.41) is 20.6. The van der Waals surface area contributed by atoms with Gasteiger partial charge in [-0.3, -0.25) is 25.3 Å². The lowest BCUT2D eigenvalue weighted by Gasteiger charge is -2.34. The van der Waals surface area contributed by atoms with Crippen molar-refractivity contribution in [2.24, 2.45) is 5.73 Å². The van der Waals surface area contributed by atoms with Crippen LogP contribution in [0.4, 0.5) is 10.5 Å². The van der Waals surface area contributed by atoms with E-state index in [0.717, 1.165) is 34.3 Å². The number of fused-ring (bicyclic) bond motifs is 1. The minimum absolute atomic E-state index is 0.00231. The molecule has 0 bridgehead atoms. The van der Waals surface area contributed by atoms with Gasteiger partial charge in [-0.15, -0.1) is 11.3 Å². The van der Waals surface area contributed by atoms with Crippen molar-refractivity contribution >= 4 is 45.0 Å². The van der Waals surface area contributed by atoms with Crippen LogP contribution in [0.25, 0.3) is 10.1 Å². The van der Waals surface area contributed by atoms with E-state index >= 15 is 0 Å². The molecule has 1 amide bonds. The summed E-state index contributed by atoms with van der Waals surface area (Å²) in [4.78, 5) is 28.8. The summed E-state index contributed by atoms with van der Waals surface area (Å²) in [5.74, 6) is -0.201. The van der Waals surface area contributed by atoms with Crippen LogP contribution in [-0.2, 0) is 16.1 Å². The molecule has 5 N–H and O–H groups in total. The molecule has 42 heavy (non-hydrogen) atoms. The average Bonchev–Trinajstić information content (AvgIpc) is 3.43. The number of carbonyl (C=O) groups excluding carboxylic acids is 1. The summed E-state index contributed by atoms with van der Waals surface area (Å²) in [7, 11) is 0. The number of benzene rings is 3. The Morgan fingerprint density at radius 1 is 0.976 bits per heavy atom. The number of anilines is 1. The number of amidine groups is 1. The molecular weight excluding hydrogens is 554 g/mol. The Bertz CT molecular complexity index is 1550. The number of para-hydroxylation sites is 1. The van der Waals surface area contributed by atoms with Crippen molar-refractivity contribution in [3.05, 3.63) is 94.9 Å². The number of rotatable bonds is 11. The maximum atomic E-state index is 13.0. The molecule has 1 unspecified atom stereocenters. The molecule has 1 aliphatic heterocycles. The Morgan fingerprint density at radius 2 is 1.69 bits per heavy atom. The van der Waals surface area contributed by atoms with Gasteiger partial charge in [0.25, 0.3) is 0 Å². The number of thiophene rings is 1. The smallest absolute Gasteiger partial charge is 0.411 e. The maximum absolute atomic E-state index is 13.0. The number of amides is 1. The second-order valence-electron chi connectivity index (χ2n) is 10.0. The van der Waals surface area contributed by atoms with Gasteiger partial charge in [0.1, 0.15) is 18.2 Å². The molecule has 4 aromatic rings. The fraction of sp³-hybridized carbons (Fsp3) is 0.258. The number of nitrogen functional groups attached to an aromatic ring is 1. The second kappa shape index (κ2) is 13.5. The molecule has 1 saturated heterocycles. The third-order valence-electron chi connectivity index (χ3n) is 7.07. The third-order valence-corrected chi connectivity index (χ3v) is 8.20. The second-order valence-corrected chi connectivity index (χ2v) is 11.1. The number of hydrogen-bond donors (Lipinski definition) is 4. The van der Waals surface area contributed by atoms with Gasteiger partial charge in [-0.1, -0.05) is 54.6 Å². The first kappa shape index (κ1) is 29.1. The molecule has 10 nitrogen and oxygen atoms in total. The van der Waals surface area contributed by atoms with Gasteiger partial charge in [0.05, 0.1) is 11.4 Å². The number of aliphatic carboxylic acids is 1. The molecule has 0 spiro atoms. The van der Waals surface area contributed by atoms with Crippen molar-refractivity contribution < 1.29 is 24.2 Å². The molecule has 1 atom stereocenters. The lowest BCUT2D eigenvalue weighted by molar-refractivity contribution is -0.138.